The second-order valence-corrected chi connectivity index (χ2v) is 8.15. The number of benzene rings is 1. The van der Waals surface area contributed by atoms with Crippen LogP contribution < -0.4 is 0 Å². The minimum Gasteiger partial charge on any atom is -0.469 e. The molecule has 0 heterocycles. The quantitative estimate of drug-likeness (QED) is 0.752. The van der Waals surface area contributed by atoms with Gasteiger partial charge in [0.05, 0.1) is 13.0 Å². The van der Waals surface area contributed by atoms with E-state index in [9.17, 15) is 9.59 Å². The third-order valence-electron chi connectivity index (χ3n) is 5.10. The van der Waals surface area contributed by atoms with Crippen molar-refractivity contribution in [2.75, 3.05) is 13.7 Å². The zero-order valence-electron chi connectivity index (χ0n) is 16.2. The summed E-state index contributed by atoms with van der Waals surface area (Å²) in [5, 5.41) is 0. The SMILES string of the molecule is COC(=O)C(C)CN(C(=O)c1ccc(C(C)(C)C)cc1)C1CCCC1. The monoisotopic (exact) mass is 345 g/mol. The second kappa shape index (κ2) is 8.03. The molecule has 1 amide bonds. The Hall–Kier alpha value is -1.84. The van der Waals surface area contributed by atoms with Crippen LogP contribution in [0.1, 0.15) is 69.3 Å². The van der Waals surface area contributed by atoms with E-state index >= 15 is 0 Å². The number of methoxy groups -OCH3 is 1. The van der Waals surface area contributed by atoms with Crippen LogP contribution >= 0.6 is 0 Å². The predicted molar refractivity (Wildman–Crippen MR) is 99.6 cm³/mol. The first-order valence-corrected chi connectivity index (χ1v) is 9.23. The number of hydrogen-bond donors (Lipinski definition) is 0. The molecule has 138 valence electrons. The van der Waals surface area contributed by atoms with Gasteiger partial charge in [0.1, 0.15) is 0 Å². The number of carbonyl (C=O) groups excluding carboxylic acids is 2. The first-order chi connectivity index (χ1) is 11.7. The fraction of sp³-hybridized carbons (Fsp3) is 0.619. The molecule has 0 aromatic heterocycles. The van der Waals surface area contributed by atoms with E-state index in [0.29, 0.717) is 12.1 Å². The van der Waals surface area contributed by atoms with Crippen molar-refractivity contribution in [2.45, 2.75) is 64.8 Å². The lowest BCUT2D eigenvalue weighted by Gasteiger charge is -2.31. The van der Waals surface area contributed by atoms with Gasteiger partial charge in [0.2, 0.25) is 0 Å². The van der Waals surface area contributed by atoms with Crippen molar-refractivity contribution in [3.8, 4) is 0 Å². The van der Waals surface area contributed by atoms with Gasteiger partial charge in [-0.25, -0.2) is 0 Å². The van der Waals surface area contributed by atoms with Crippen LogP contribution in [0.4, 0.5) is 0 Å². The first-order valence-electron chi connectivity index (χ1n) is 9.23. The molecule has 0 spiro atoms. The summed E-state index contributed by atoms with van der Waals surface area (Å²) in [6.45, 7) is 8.72. The van der Waals surface area contributed by atoms with Gasteiger partial charge in [-0.3, -0.25) is 9.59 Å². The number of ether oxygens (including phenoxy) is 1. The van der Waals surface area contributed by atoms with E-state index in [2.05, 4.69) is 20.8 Å². The number of nitrogens with zero attached hydrogens (tertiary/aromatic N) is 1. The minimum atomic E-state index is -0.316. The molecule has 2 rings (SSSR count). The summed E-state index contributed by atoms with van der Waals surface area (Å²) in [6.07, 6.45) is 4.31. The summed E-state index contributed by atoms with van der Waals surface area (Å²) in [4.78, 5) is 26.8. The molecule has 0 N–H and O–H groups in total. The van der Waals surface area contributed by atoms with Crippen molar-refractivity contribution in [3.05, 3.63) is 35.4 Å². The highest BCUT2D eigenvalue weighted by molar-refractivity contribution is 5.94. The summed E-state index contributed by atoms with van der Waals surface area (Å²) in [5.41, 5.74) is 1.96. The van der Waals surface area contributed by atoms with Crippen molar-refractivity contribution >= 4 is 11.9 Å². The fourth-order valence-electron chi connectivity index (χ4n) is 3.46. The van der Waals surface area contributed by atoms with Gasteiger partial charge >= 0.3 is 5.97 Å². The van der Waals surface area contributed by atoms with Crippen molar-refractivity contribution in [2.24, 2.45) is 5.92 Å². The molecule has 1 aromatic carbocycles. The van der Waals surface area contributed by atoms with Crippen molar-refractivity contribution in [1.82, 2.24) is 4.90 Å². The number of esters is 1. The molecule has 1 saturated carbocycles. The van der Waals surface area contributed by atoms with Gasteiger partial charge in [-0.1, -0.05) is 52.7 Å². The van der Waals surface area contributed by atoms with Gasteiger partial charge in [-0.15, -0.1) is 0 Å². The maximum Gasteiger partial charge on any atom is 0.310 e. The van der Waals surface area contributed by atoms with Gasteiger partial charge in [-0.2, -0.15) is 0 Å². The van der Waals surface area contributed by atoms with Crippen molar-refractivity contribution in [3.63, 3.8) is 0 Å². The summed E-state index contributed by atoms with van der Waals surface area (Å²) in [5.74, 6) is -0.564. The van der Waals surface area contributed by atoms with Crippen molar-refractivity contribution < 1.29 is 14.3 Å². The van der Waals surface area contributed by atoms with Gasteiger partial charge < -0.3 is 9.64 Å². The molecule has 1 aliphatic rings. The third-order valence-corrected chi connectivity index (χ3v) is 5.10. The van der Waals surface area contributed by atoms with Crippen LogP contribution in [-0.4, -0.2) is 36.5 Å². The Morgan fingerprint density at radius 2 is 1.72 bits per heavy atom. The van der Waals surface area contributed by atoms with Crippen LogP contribution in [0.15, 0.2) is 24.3 Å². The molecule has 1 aliphatic carbocycles. The average molecular weight is 345 g/mol. The van der Waals surface area contributed by atoms with Crippen LogP contribution in [0.3, 0.4) is 0 Å². The Morgan fingerprint density at radius 1 is 1.16 bits per heavy atom. The number of carbonyl (C=O) groups is 2. The van der Waals surface area contributed by atoms with Gasteiger partial charge in [-0.05, 0) is 36.0 Å². The molecule has 1 aromatic rings. The molecule has 0 bridgehead atoms. The van der Waals surface area contributed by atoms with Gasteiger partial charge in [0, 0.05) is 18.2 Å². The maximum absolute atomic E-state index is 13.1. The van der Waals surface area contributed by atoms with Gasteiger partial charge in [0.15, 0.2) is 0 Å². The molecule has 0 aliphatic heterocycles. The standard InChI is InChI=1S/C21H31NO3/c1-15(20(24)25-5)14-22(18-8-6-7-9-18)19(23)16-10-12-17(13-11-16)21(2,3)4/h10-13,15,18H,6-9,14H2,1-5H3. The summed E-state index contributed by atoms with van der Waals surface area (Å²) in [6, 6.07) is 8.11. The third kappa shape index (κ3) is 4.83. The highest BCUT2D eigenvalue weighted by atomic mass is 16.5. The molecular weight excluding hydrogens is 314 g/mol. The van der Waals surface area contributed by atoms with Gasteiger partial charge in [0.25, 0.3) is 5.91 Å². The van der Waals surface area contributed by atoms with Crippen LogP contribution in [0.25, 0.3) is 0 Å². The molecule has 1 unspecified atom stereocenters. The average Bonchev–Trinajstić information content (AvgIpc) is 3.11. The Kier molecular flexibility index (Phi) is 6.26. The molecule has 25 heavy (non-hydrogen) atoms. The smallest absolute Gasteiger partial charge is 0.310 e. The zero-order chi connectivity index (χ0) is 18.6. The Morgan fingerprint density at radius 3 is 2.20 bits per heavy atom. The van der Waals surface area contributed by atoms with E-state index in [1.54, 1.807) is 0 Å². The molecule has 1 fully saturated rings. The van der Waals surface area contributed by atoms with E-state index in [0.717, 1.165) is 25.7 Å². The molecule has 4 nitrogen and oxygen atoms in total. The topological polar surface area (TPSA) is 46.6 Å². The van der Waals surface area contributed by atoms with E-state index < -0.39 is 0 Å². The Bertz CT molecular complexity index is 595. The zero-order valence-corrected chi connectivity index (χ0v) is 16.2. The lowest BCUT2D eigenvalue weighted by Crippen LogP contribution is -2.43. The summed E-state index contributed by atoms with van der Waals surface area (Å²) < 4.78 is 4.84. The van der Waals surface area contributed by atoms with E-state index in [-0.39, 0.29) is 29.3 Å². The van der Waals surface area contributed by atoms with E-state index in [1.807, 2.05) is 36.1 Å². The predicted octanol–water partition coefficient (Wildman–Crippen LogP) is 4.18. The summed E-state index contributed by atoms with van der Waals surface area (Å²) in [7, 11) is 1.39. The fourth-order valence-corrected chi connectivity index (χ4v) is 3.46. The first kappa shape index (κ1) is 19.5. The lowest BCUT2D eigenvalue weighted by atomic mass is 9.86. The maximum atomic E-state index is 13.1. The van der Waals surface area contributed by atoms with Crippen LogP contribution in [0, 0.1) is 5.92 Å². The van der Waals surface area contributed by atoms with Crippen molar-refractivity contribution in [1.29, 1.82) is 0 Å². The summed E-state index contributed by atoms with van der Waals surface area (Å²) >= 11 is 0. The molecule has 1 atom stereocenters. The molecule has 0 saturated heterocycles. The van der Waals surface area contributed by atoms with Crippen LogP contribution in [-0.2, 0) is 14.9 Å². The number of amides is 1. The Balaban J connectivity index is 2.20. The van der Waals surface area contributed by atoms with E-state index in [1.165, 1.54) is 12.7 Å². The normalized spacial score (nSPS) is 16.5. The second-order valence-electron chi connectivity index (χ2n) is 8.15. The number of hydrogen-bond acceptors (Lipinski definition) is 3. The lowest BCUT2D eigenvalue weighted by molar-refractivity contribution is -0.145. The van der Waals surface area contributed by atoms with E-state index in [4.69, 9.17) is 4.74 Å². The minimum absolute atomic E-state index is 0.0168. The number of rotatable bonds is 5. The highest BCUT2D eigenvalue weighted by Crippen LogP contribution is 2.27. The largest absolute Gasteiger partial charge is 0.469 e. The molecule has 0 radical (unpaired) electrons. The molecule has 4 heteroatoms. The Labute approximate surface area is 151 Å². The highest BCUT2D eigenvalue weighted by Gasteiger charge is 2.30. The van der Waals surface area contributed by atoms with Crippen LogP contribution in [0.2, 0.25) is 0 Å². The molecular formula is C21H31NO3. The van der Waals surface area contributed by atoms with Crippen LogP contribution in [0.5, 0.6) is 0 Å².